The van der Waals surface area contributed by atoms with E-state index in [1.807, 2.05) is 0 Å². The molecule has 0 radical (unpaired) electrons. The topological polar surface area (TPSA) is 58.6 Å². The predicted molar refractivity (Wildman–Crippen MR) is 123 cm³/mol. The fourth-order valence-corrected chi connectivity index (χ4v) is 4.24. The number of halogens is 3. The Morgan fingerprint density at radius 3 is 2.56 bits per heavy atom. The van der Waals surface area contributed by atoms with Crippen molar-refractivity contribution >= 4 is 35.0 Å². The molecule has 0 bridgehead atoms. The first-order chi connectivity index (χ1) is 15.3. The summed E-state index contributed by atoms with van der Waals surface area (Å²) in [7, 11) is 0. The maximum Gasteiger partial charge on any atom is 0.261 e. The van der Waals surface area contributed by atoms with E-state index in [1.54, 1.807) is 31.2 Å². The second kappa shape index (κ2) is 11.5. The normalized spacial score (nSPS) is 15.1. The van der Waals surface area contributed by atoms with E-state index in [-0.39, 0.29) is 24.2 Å². The zero-order valence-corrected chi connectivity index (χ0v) is 19.5. The summed E-state index contributed by atoms with van der Waals surface area (Å²) in [6.45, 7) is 1.35. The molecule has 32 heavy (non-hydrogen) atoms. The van der Waals surface area contributed by atoms with Crippen molar-refractivity contribution in [2.45, 2.75) is 57.7 Å². The molecule has 2 amide bonds. The third kappa shape index (κ3) is 6.59. The van der Waals surface area contributed by atoms with Gasteiger partial charge in [0, 0.05) is 22.6 Å². The zero-order chi connectivity index (χ0) is 23.1. The van der Waals surface area contributed by atoms with Crippen LogP contribution in [0.3, 0.4) is 0 Å². The zero-order valence-electron chi connectivity index (χ0n) is 18.0. The summed E-state index contributed by atoms with van der Waals surface area (Å²) in [6.07, 6.45) is 5.21. The second-order valence-corrected chi connectivity index (χ2v) is 8.84. The lowest BCUT2D eigenvalue weighted by atomic mass is 9.95. The highest BCUT2D eigenvalue weighted by molar-refractivity contribution is 6.35. The van der Waals surface area contributed by atoms with Crippen LogP contribution in [0.2, 0.25) is 10.0 Å². The lowest BCUT2D eigenvalue weighted by Gasteiger charge is -2.31. The van der Waals surface area contributed by atoms with E-state index < -0.39 is 24.4 Å². The number of hydrogen-bond acceptors (Lipinski definition) is 3. The lowest BCUT2D eigenvalue weighted by molar-refractivity contribution is -0.142. The summed E-state index contributed by atoms with van der Waals surface area (Å²) in [5.74, 6) is -1.27. The molecule has 1 aliphatic rings. The minimum Gasteiger partial charge on any atom is -0.481 e. The Hall–Kier alpha value is -2.31. The van der Waals surface area contributed by atoms with Crippen LogP contribution in [-0.2, 0) is 16.1 Å². The average molecular weight is 481 g/mol. The fraction of sp³-hybridized carbons (Fsp3) is 0.417. The summed E-state index contributed by atoms with van der Waals surface area (Å²) in [4.78, 5) is 27.4. The van der Waals surface area contributed by atoms with Gasteiger partial charge in [0.1, 0.15) is 6.04 Å². The number of nitrogens with one attached hydrogen (secondary N) is 1. The number of carbonyl (C=O) groups is 2. The SMILES string of the molecule is C[C@@H](C(=O)NC1CCCCC1)N(Cc1ccc(Cl)cc1Cl)C(=O)COc1ccccc1F. The van der Waals surface area contributed by atoms with Crippen molar-refractivity contribution in [1.29, 1.82) is 0 Å². The van der Waals surface area contributed by atoms with Gasteiger partial charge in [-0.05, 0) is 49.6 Å². The maximum atomic E-state index is 13.9. The number of amides is 2. The van der Waals surface area contributed by atoms with Gasteiger partial charge in [-0.1, -0.05) is 60.7 Å². The van der Waals surface area contributed by atoms with Gasteiger partial charge in [-0.3, -0.25) is 9.59 Å². The van der Waals surface area contributed by atoms with E-state index in [0.29, 0.717) is 15.6 Å². The second-order valence-electron chi connectivity index (χ2n) is 8.00. The van der Waals surface area contributed by atoms with Gasteiger partial charge in [-0.25, -0.2) is 4.39 Å². The van der Waals surface area contributed by atoms with Crippen LogP contribution in [0.15, 0.2) is 42.5 Å². The molecule has 1 N–H and O–H groups in total. The van der Waals surface area contributed by atoms with Crippen LogP contribution in [0.1, 0.15) is 44.6 Å². The first-order valence-corrected chi connectivity index (χ1v) is 11.5. The Kier molecular flexibility index (Phi) is 8.76. The first-order valence-electron chi connectivity index (χ1n) is 10.8. The molecule has 5 nitrogen and oxygen atoms in total. The molecule has 1 atom stereocenters. The van der Waals surface area contributed by atoms with E-state index in [2.05, 4.69) is 5.32 Å². The van der Waals surface area contributed by atoms with Crippen molar-refractivity contribution in [3.63, 3.8) is 0 Å². The number of carbonyl (C=O) groups excluding carboxylic acids is 2. The van der Waals surface area contributed by atoms with Crippen molar-refractivity contribution in [2.75, 3.05) is 6.61 Å². The number of benzene rings is 2. The Morgan fingerprint density at radius 1 is 1.16 bits per heavy atom. The highest BCUT2D eigenvalue weighted by Crippen LogP contribution is 2.24. The van der Waals surface area contributed by atoms with Crippen LogP contribution in [-0.4, -0.2) is 35.4 Å². The minimum atomic E-state index is -0.764. The quantitative estimate of drug-likeness (QED) is 0.551. The van der Waals surface area contributed by atoms with Crippen LogP contribution >= 0.6 is 23.2 Å². The Morgan fingerprint density at radius 2 is 1.88 bits per heavy atom. The molecule has 1 aliphatic carbocycles. The van der Waals surface area contributed by atoms with Crippen LogP contribution in [0, 0.1) is 5.82 Å². The highest BCUT2D eigenvalue weighted by Gasteiger charge is 2.29. The van der Waals surface area contributed by atoms with Gasteiger partial charge in [-0.15, -0.1) is 0 Å². The molecule has 2 aromatic rings. The largest absolute Gasteiger partial charge is 0.481 e. The van der Waals surface area contributed by atoms with Gasteiger partial charge in [-0.2, -0.15) is 0 Å². The van der Waals surface area contributed by atoms with Crippen LogP contribution < -0.4 is 10.1 Å². The Balaban J connectivity index is 1.75. The molecule has 1 saturated carbocycles. The van der Waals surface area contributed by atoms with Crippen molar-refractivity contribution in [1.82, 2.24) is 10.2 Å². The predicted octanol–water partition coefficient (Wildman–Crippen LogP) is 5.38. The van der Waals surface area contributed by atoms with Gasteiger partial charge in [0.05, 0.1) is 0 Å². The Bertz CT molecular complexity index is 951. The summed E-state index contributed by atoms with van der Waals surface area (Å²) in [5.41, 5.74) is 0.646. The number of ether oxygens (including phenoxy) is 1. The van der Waals surface area contributed by atoms with Crippen molar-refractivity contribution in [3.8, 4) is 5.75 Å². The van der Waals surface area contributed by atoms with Gasteiger partial charge in [0.25, 0.3) is 5.91 Å². The molecular weight excluding hydrogens is 454 g/mol. The summed E-state index contributed by atoms with van der Waals surface area (Å²) >= 11 is 12.3. The molecule has 172 valence electrons. The molecule has 3 rings (SSSR count). The number of rotatable bonds is 8. The fourth-order valence-electron chi connectivity index (χ4n) is 3.77. The van der Waals surface area contributed by atoms with E-state index >= 15 is 0 Å². The molecule has 0 spiro atoms. The molecule has 0 aromatic heterocycles. The summed E-state index contributed by atoms with van der Waals surface area (Å²) in [5, 5.41) is 3.93. The van der Waals surface area contributed by atoms with Crippen molar-refractivity contribution < 1.29 is 18.7 Å². The highest BCUT2D eigenvalue weighted by atomic mass is 35.5. The summed E-state index contributed by atoms with van der Waals surface area (Å²) < 4.78 is 19.3. The lowest BCUT2D eigenvalue weighted by Crippen LogP contribution is -2.51. The van der Waals surface area contributed by atoms with Gasteiger partial charge in [0.15, 0.2) is 18.2 Å². The number of nitrogens with zero attached hydrogens (tertiary/aromatic N) is 1. The smallest absolute Gasteiger partial charge is 0.261 e. The third-order valence-electron chi connectivity index (χ3n) is 5.66. The van der Waals surface area contributed by atoms with E-state index in [4.69, 9.17) is 27.9 Å². The van der Waals surface area contributed by atoms with E-state index in [9.17, 15) is 14.0 Å². The standard InChI is InChI=1S/C24H27Cl2FN2O3/c1-16(24(31)28-19-7-3-2-4-8-19)29(14-17-11-12-18(25)13-20(17)26)23(30)15-32-22-10-6-5-9-21(22)27/h5-6,9-13,16,19H,2-4,7-8,14-15H2,1H3,(H,28,31)/t16-/m0/s1. The van der Waals surface area contributed by atoms with Crippen LogP contribution in [0.5, 0.6) is 5.75 Å². The average Bonchev–Trinajstić information content (AvgIpc) is 2.78. The Labute approximate surface area is 197 Å². The molecular formula is C24H27Cl2FN2O3. The van der Waals surface area contributed by atoms with Gasteiger partial charge >= 0.3 is 0 Å². The minimum absolute atomic E-state index is 0.0235. The molecule has 0 heterocycles. The van der Waals surface area contributed by atoms with Crippen LogP contribution in [0.25, 0.3) is 0 Å². The molecule has 1 fully saturated rings. The third-order valence-corrected chi connectivity index (χ3v) is 6.25. The molecule has 8 heteroatoms. The molecule has 2 aromatic carbocycles. The van der Waals surface area contributed by atoms with Gasteiger partial charge < -0.3 is 15.0 Å². The van der Waals surface area contributed by atoms with E-state index in [1.165, 1.54) is 29.5 Å². The van der Waals surface area contributed by atoms with Crippen LogP contribution in [0.4, 0.5) is 4.39 Å². The van der Waals surface area contributed by atoms with Crippen molar-refractivity contribution in [3.05, 3.63) is 63.9 Å². The van der Waals surface area contributed by atoms with E-state index in [0.717, 1.165) is 25.7 Å². The molecule has 0 unspecified atom stereocenters. The summed E-state index contributed by atoms with van der Waals surface area (Å²) in [6, 6.07) is 10.2. The van der Waals surface area contributed by atoms with Crippen molar-refractivity contribution in [2.24, 2.45) is 0 Å². The maximum absolute atomic E-state index is 13.9. The number of hydrogen-bond donors (Lipinski definition) is 1. The first kappa shape index (κ1) is 24.3. The molecule has 0 saturated heterocycles. The molecule has 0 aliphatic heterocycles. The monoisotopic (exact) mass is 480 g/mol. The van der Waals surface area contributed by atoms with Gasteiger partial charge in [0.2, 0.25) is 5.91 Å². The number of para-hydroxylation sites is 1.